The number of ether oxygens (including phenoxy) is 2. The molecule has 288 valence electrons. The van der Waals surface area contributed by atoms with Gasteiger partial charge in [0.1, 0.15) is 6.10 Å². The first-order valence-corrected chi connectivity index (χ1v) is 21.4. The number of unbranched alkanes of at least 4 members (excludes halogenated alkanes) is 13. The van der Waals surface area contributed by atoms with E-state index >= 15 is 0 Å². The Labute approximate surface area is 303 Å². The number of aliphatic hydroxyl groups excluding tert-OH is 1. The van der Waals surface area contributed by atoms with Crippen molar-refractivity contribution in [3.8, 4) is 0 Å². The molecule has 0 aromatic carbocycles. The molecule has 0 heterocycles. The van der Waals surface area contributed by atoms with E-state index in [1.165, 1.54) is 103 Å². The number of carbonyl (C=O) groups is 2. The molecule has 0 spiro atoms. The quantitative estimate of drug-likeness (QED) is 0.0559. The first kappa shape index (κ1) is 44.0. The van der Waals surface area contributed by atoms with Crippen LogP contribution in [0.3, 0.4) is 0 Å². The Hall–Kier alpha value is -1.14. The molecule has 2 aliphatic carbocycles. The third kappa shape index (κ3) is 16.8. The Morgan fingerprint density at radius 3 is 1.73 bits per heavy atom. The molecular weight excluding hydrogens is 610 g/mol. The highest BCUT2D eigenvalue weighted by atomic mass is 16.5. The zero-order valence-electron chi connectivity index (χ0n) is 33.2. The normalized spacial score (nSPS) is 21.2. The Balaban J connectivity index is 1.49. The maximum Gasteiger partial charge on any atom is 0.306 e. The Kier molecular flexibility index (Phi) is 23.1. The van der Waals surface area contributed by atoms with Crippen LogP contribution in [-0.2, 0) is 19.1 Å². The molecule has 3 atom stereocenters. The SMILES string of the molecule is CCCCCC(CCCCC)CCOC(=O)CCCCCCCN(CCCCO)CCCCCCCC(=O)O[C@@H]1C[C@@H]2CC[C@@]1(C)C2(C)C. The molecule has 0 radical (unpaired) electrons. The van der Waals surface area contributed by atoms with Crippen LogP contribution in [0.1, 0.15) is 202 Å². The molecule has 6 heteroatoms. The number of fused-ring (bicyclic) bond motifs is 2. The first-order chi connectivity index (χ1) is 23.7. The van der Waals surface area contributed by atoms with Gasteiger partial charge in [0.2, 0.25) is 0 Å². The van der Waals surface area contributed by atoms with Crippen LogP contribution in [0.2, 0.25) is 0 Å². The van der Waals surface area contributed by atoms with Crippen molar-refractivity contribution in [2.75, 3.05) is 32.8 Å². The van der Waals surface area contributed by atoms with Crippen molar-refractivity contribution in [1.29, 1.82) is 0 Å². The molecule has 0 aliphatic heterocycles. The molecule has 0 unspecified atom stereocenters. The highest BCUT2D eigenvalue weighted by molar-refractivity contribution is 5.69. The van der Waals surface area contributed by atoms with Gasteiger partial charge >= 0.3 is 11.9 Å². The lowest BCUT2D eigenvalue weighted by Crippen LogP contribution is -2.38. The van der Waals surface area contributed by atoms with Crippen molar-refractivity contribution >= 4 is 11.9 Å². The van der Waals surface area contributed by atoms with Gasteiger partial charge in [0.25, 0.3) is 0 Å². The van der Waals surface area contributed by atoms with Crippen molar-refractivity contribution in [3.05, 3.63) is 0 Å². The number of nitrogens with zero attached hydrogens (tertiary/aromatic N) is 1. The van der Waals surface area contributed by atoms with E-state index in [0.717, 1.165) is 71.0 Å². The van der Waals surface area contributed by atoms with Gasteiger partial charge in [-0.3, -0.25) is 9.59 Å². The van der Waals surface area contributed by atoms with Gasteiger partial charge in [0, 0.05) is 24.9 Å². The van der Waals surface area contributed by atoms with E-state index in [1.54, 1.807) is 0 Å². The summed E-state index contributed by atoms with van der Waals surface area (Å²) in [6.45, 7) is 15.8. The first-order valence-electron chi connectivity index (χ1n) is 21.4. The van der Waals surface area contributed by atoms with Gasteiger partial charge in [-0.1, -0.05) is 125 Å². The molecule has 0 saturated heterocycles. The summed E-state index contributed by atoms with van der Waals surface area (Å²) in [5, 5.41) is 9.26. The third-order valence-electron chi connectivity index (χ3n) is 12.8. The van der Waals surface area contributed by atoms with E-state index in [2.05, 4.69) is 39.5 Å². The maximum absolute atomic E-state index is 12.6. The topological polar surface area (TPSA) is 76.1 Å². The van der Waals surface area contributed by atoms with E-state index < -0.39 is 0 Å². The second-order valence-corrected chi connectivity index (χ2v) is 16.8. The number of esters is 2. The van der Waals surface area contributed by atoms with Crippen LogP contribution >= 0.6 is 0 Å². The van der Waals surface area contributed by atoms with Crippen molar-refractivity contribution in [2.45, 2.75) is 208 Å². The molecular formula is C43H81NO5. The number of hydrogen-bond donors (Lipinski definition) is 1. The number of carbonyl (C=O) groups excluding carboxylic acids is 2. The second-order valence-electron chi connectivity index (χ2n) is 16.8. The fourth-order valence-electron chi connectivity index (χ4n) is 8.79. The number of hydrogen-bond acceptors (Lipinski definition) is 6. The standard InChI is InChI=1S/C43H81NO5/c1-6-8-16-24-37(25-17-9-7-2)29-35-48-40(46)26-18-12-10-14-20-31-44(33-22-23-34-45)32-21-15-11-13-19-27-41(47)49-39-36-38-28-30-43(39,5)42(38,3)4/h37-39,45H,6-36H2,1-5H3/t38-,39+,43+/m0/s1. The Bertz CT molecular complexity index is 851. The maximum atomic E-state index is 12.6. The third-order valence-corrected chi connectivity index (χ3v) is 12.8. The van der Waals surface area contributed by atoms with Gasteiger partial charge in [0.15, 0.2) is 0 Å². The molecule has 2 fully saturated rings. The molecule has 2 saturated carbocycles. The van der Waals surface area contributed by atoms with Crippen LogP contribution in [0.15, 0.2) is 0 Å². The van der Waals surface area contributed by atoms with Gasteiger partial charge in [-0.25, -0.2) is 0 Å². The van der Waals surface area contributed by atoms with Crippen LogP contribution in [0.25, 0.3) is 0 Å². The van der Waals surface area contributed by atoms with E-state index in [9.17, 15) is 14.7 Å². The molecule has 6 nitrogen and oxygen atoms in total. The fourth-order valence-corrected chi connectivity index (χ4v) is 8.79. The molecule has 0 aromatic rings. The Morgan fingerprint density at radius 2 is 1.22 bits per heavy atom. The summed E-state index contributed by atoms with van der Waals surface area (Å²) in [6.07, 6.45) is 29.3. The van der Waals surface area contributed by atoms with E-state index in [1.807, 2.05) is 0 Å². The largest absolute Gasteiger partial charge is 0.466 e. The molecule has 0 amide bonds. The van der Waals surface area contributed by atoms with Crippen LogP contribution in [0.5, 0.6) is 0 Å². The molecule has 2 aliphatic rings. The van der Waals surface area contributed by atoms with Crippen molar-refractivity contribution < 1.29 is 24.2 Å². The lowest BCUT2D eigenvalue weighted by atomic mass is 9.70. The smallest absolute Gasteiger partial charge is 0.306 e. The lowest BCUT2D eigenvalue weighted by Gasteiger charge is -2.38. The summed E-state index contributed by atoms with van der Waals surface area (Å²) in [5.74, 6) is 1.42. The molecule has 2 bridgehead atoms. The molecule has 49 heavy (non-hydrogen) atoms. The van der Waals surface area contributed by atoms with Crippen LogP contribution in [0.4, 0.5) is 0 Å². The van der Waals surface area contributed by atoms with Crippen molar-refractivity contribution in [2.24, 2.45) is 22.7 Å². The van der Waals surface area contributed by atoms with Gasteiger partial charge in [-0.15, -0.1) is 0 Å². The average molecular weight is 692 g/mol. The summed E-state index contributed by atoms with van der Waals surface area (Å²) in [5.41, 5.74) is 0.433. The highest BCUT2D eigenvalue weighted by Gasteiger charge is 2.62. The van der Waals surface area contributed by atoms with Gasteiger partial charge in [0.05, 0.1) is 6.61 Å². The zero-order chi connectivity index (χ0) is 35.8. The van der Waals surface area contributed by atoms with Crippen molar-refractivity contribution in [1.82, 2.24) is 4.90 Å². The minimum Gasteiger partial charge on any atom is -0.466 e. The van der Waals surface area contributed by atoms with E-state index in [4.69, 9.17) is 9.47 Å². The number of aliphatic hydroxyl groups is 1. The molecule has 0 aromatic heterocycles. The summed E-state index contributed by atoms with van der Waals surface area (Å²) in [6, 6.07) is 0. The monoisotopic (exact) mass is 692 g/mol. The van der Waals surface area contributed by atoms with E-state index in [-0.39, 0.29) is 35.5 Å². The lowest BCUT2D eigenvalue weighted by molar-refractivity contribution is -0.157. The second kappa shape index (κ2) is 25.8. The predicted octanol–water partition coefficient (Wildman–Crippen LogP) is 11.2. The van der Waals surface area contributed by atoms with E-state index in [0.29, 0.717) is 31.3 Å². The summed E-state index contributed by atoms with van der Waals surface area (Å²) >= 11 is 0. The van der Waals surface area contributed by atoms with Gasteiger partial charge in [-0.05, 0) is 101 Å². The van der Waals surface area contributed by atoms with Crippen LogP contribution in [-0.4, -0.2) is 60.9 Å². The minimum atomic E-state index is -0.00916. The van der Waals surface area contributed by atoms with Gasteiger partial charge in [-0.2, -0.15) is 0 Å². The molecule has 1 N–H and O–H groups in total. The van der Waals surface area contributed by atoms with Crippen LogP contribution < -0.4 is 0 Å². The summed E-state index contributed by atoms with van der Waals surface area (Å²) in [4.78, 5) is 27.5. The Morgan fingerprint density at radius 1 is 0.694 bits per heavy atom. The van der Waals surface area contributed by atoms with Crippen molar-refractivity contribution in [3.63, 3.8) is 0 Å². The summed E-state index contributed by atoms with van der Waals surface area (Å²) in [7, 11) is 0. The van der Waals surface area contributed by atoms with Crippen LogP contribution in [0, 0.1) is 22.7 Å². The minimum absolute atomic E-state index is 0.00916. The summed E-state index contributed by atoms with van der Waals surface area (Å²) < 4.78 is 11.7. The predicted molar refractivity (Wildman–Crippen MR) is 205 cm³/mol. The molecule has 2 rings (SSSR count). The highest BCUT2D eigenvalue weighted by Crippen LogP contribution is 2.66. The fraction of sp³-hybridized carbons (Fsp3) is 0.953. The number of rotatable bonds is 32. The zero-order valence-corrected chi connectivity index (χ0v) is 33.2. The average Bonchev–Trinajstić information content (AvgIpc) is 3.41. The van der Waals surface area contributed by atoms with Gasteiger partial charge < -0.3 is 19.5 Å².